The average Bonchev–Trinajstić information content (AvgIpc) is 3.48. The summed E-state index contributed by atoms with van der Waals surface area (Å²) in [6.45, 7) is 1.73. The number of ketones is 2. The maximum absolute atomic E-state index is 11.9. The summed E-state index contributed by atoms with van der Waals surface area (Å²) in [5.41, 5.74) is 1.62. The molecule has 2 amide bonds. The molecule has 2 N–H and O–H groups in total. The molecule has 0 radical (unpaired) electrons. The molecule has 10 heteroatoms. The number of β-lactam (4-membered cyclic amide) rings is 1. The van der Waals surface area contributed by atoms with Gasteiger partial charge in [-0.1, -0.05) is 33.7 Å². The first-order chi connectivity index (χ1) is 13.9. The molecule has 2 saturated heterocycles. The molecule has 0 saturated carbocycles. The Kier molecular flexibility index (Phi) is 8.87. The largest absolute Gasteiger partial charge is 0.364 e. The van der Waals surface area contributed by atoms with Gasteiger partial charge in [0.25, 0.3) is 0 Å². The minimum atomic E-state index is -1.02. The van der Waals surface area contributed by atoms with Crippen molar-refractivity contribution < 1.29 is 28.7 Å². The zero-order valence-electron chi connectivity index (χ0n) is 15.9. The lowest BCUT2D eigenvalue weighted by molar-refractivity contribution is -0.130. The number of hydrogen-bond acceptors (Lipinski definition) is 8. The van der Waals surface area contributed by atoms with Gasteiger partial charge < -0.3 is 20.2 Å². The maximum atomic E-state index is 11.9. The standard InChI is InChI=1S/C16H17NO5S2.C3H5NO/c1-11(19)16(23-24-16)14(20)9-22-10-15(21)17-13-6-4-12(5-7-13)3-2-8-18;5-3-1-2-4-3/h4-8H,2-3,9-10H2,1H3,(H,17,21);1-2H2,(H,4,5). The fourth-order valence-electron chi connectivity index (χ4n) is 2.18. The Balaban J connectivity index is 0.000000521. The molecular weight excluding hydrogens is 416 g/mol. The van der Waals surface area contributed by atoms with Gasteiger partial charge in [-0.25, -0.2) is 0 Å². The van der Waals surface area contributed by atoms with Crippen LogP contribution in [0, 0.1) is 0 Å². The van der Waals surface area contributed by atoms with Gasteiger partial charge in [0.15, 0.2) is 15.6 Å². The number of benzene rings is 1. The summed E-state index contributed by atoms with van der Waals surface area (Å²) in [4.78, 5) is 55.2. The van der Waals surface area contributed by atoms with Crippen molar-refractivity contribution in [2.75, 3.05) is 25.1 Å². The van der Waals surface area contributed by atoms with E-state index in [2.05, 4.69) is 10.6 Å². The van der Waals surface area contributed by atoms with Crippen LogP contribution in [0.5, 0.6) is 0 Å². The summed E-state index contributed by atoms with van der Waals surface area (Å²) in [5.74, 6) is -0.719. The van der Waals surface area contributed by atoms with Crippen LogP contribution in [-0.2, 0) is 35.1 Å². The van der Waals surface area contributed by atoms with E-state index in [0.29, 0.717) is 18.5 Å². The van der Waals surface area contributed by atoms with Crippen molar-refractivity contribution in [1.29, 1.82) is 0 Å². The number of rotatable bonds is 10. The van der Waals surface area contributed by atoms with Crippen LogP contribution in [0.25, 0.3) is 0 Å². The second-order valence-electron chi connectivity index (χ2n) is 6.31. The van der Waals surface area contributed by atoms with Gasteiger partial charge >= 0.3 is 0 Å². The highest BCUT2D eigenvalue weighted by Gasteiger charge is 2.57. The maximum Gasteiger partial charge on any atom is 0.250 e. The van der Waals surface area contributed by atoms with Crippen LogP contribution < -0.4 is 10.6 Å². The number of aryl methyl sites for hydroxylation is 1. The first kappa shape index (κ1) is 23.1. The van der Waals surface area contributed by atoms with E-state index >= 15 is 0 Å². The van der Waals surface area contributed by atoms with Gasteiger partial charge in [0.2, 0.25) is 11.8 Å². The molecule has 2 aliphatic rings. The molecule has 2 fully saturated rings. The SMILES string of the molecule is CC(=O)C1(C(=O)COCC(=O)Nc2ccc(CCC=O)cc2)SS1.O=C1CCN1. The van der Waals surface area contributed by atoms with Crippen molar-refractivity contribution in [3.8, 4) is 0 Å². The number of ether oxygens (including phenoxy) is 1. The summed E-state index contributed by atoms with van der Waals surface area (Å²) in [7, 11) is 2.43. The van der Waals surface area contributed by atoms with Gasteiger partial charge in [-0.2, -0.15) is 0 Å². The Morgan fingerprint density at radius 2 is 1.83 bits per heavy atom. The van der Waals surface area contributed by atoms with Crippen molar-refractivity contribution in [3.63, 3.8) is 0 Å². The number of anilines is 1. The van der Waals surface area contributed by atoms with Crippen LogP contribution in [0.1, 0.15) is 25.3 Å². The van der Waals surface area contributed by atoms with Crippen molar-refractivity contribution >= 4 is 56.9 Å². The van der Waals surface area contributed by atoms with E-state index in [4.69, 9.17) is 4.74 Å². The van der Waals surface area contributed by atoms with Gasteiger partial charge in [0.1, 0.15) is 19.5 Å². The smallest absolute Gasteiger partial charge is 0.250 e. The Hall–Kier alpha value is -2.17. The topological polar surface area (TPSA) is 119 Å². The third-order valence-corrected chi connectivity index (χ3v) is 7.04. The lowest BCUT2D eigenvalue weighted by Gasteiger charge is -2.10. The van der Waals surface area contributed by atoms with E-state index in [1.807, 2.05) is 12.1 Å². The molecule has 3 rings (SSSR count). The first-order valence-corrected chi connectivity index (χ1v) is 11.1. The van der Waals surface area contributed by atoms with E-state index in [1.54, 1.807) is 12.1 Å². The summed E-state index contributed by atoms with van der Waals surface area (Å²) in [6.07, 6.45) is 2.73. The van der Waals surface area contributed by atoms with Crippen LogP contribution in [-0.4, -0.2) is 53.5 Å². The zero-order valence-corrected chi connectivity index (χ0v) is 17.5. The van der Waals surface area contributed by atoms with Crippen molar-refractivity contribution in [2.24, 2.45) is 0 Å². The molecule has 0 aromatic heterocycles. The number of hydrogen-bond donors (Lipinski definition) is 2. The van der Waals surface area contributed by atoms with Gasteiger partial charge in [-0.3, -0.25) is 19.2 Å². The molecule has 0 aliphatic carbocycles. The van der Waals surface area contributed by atoms with Gasteiger partial charge in [-0.15, -0.1) is 0 Å². The second kappa shape index (κ2) is 11.1. The Labute approximate surface area is 176 Å². The zero-order chi connectivity index (χ0) is 21.3. The lowest BCUT2D eigenvalue weighted by atomic mass is 10.1. The van der Waals surface area contributed by atoms with Gasteiger partial charge in [0, 0.05) is 25.1 Å². The number of Topliss-reactive ketones (excluding diaryl/α,β-unsaturated/α-hetero) is 2. The van der Waals surface area contributed by atoms with Crippen molar-refractivity contribution in [2.45, 2.75) is 30.3 Å². The Bertz CT molecular complexity index is 771. The fraction of sp³-hybridized carbons (Fsp3) is 0.421. The normalized spacial score (nSPS) is 15.7. The number of carbonyl (C=O) groups is 5. The van der Waals surface area contributed by atoms with Gasteiger partial charge in [0.05, 0.1) is 0 Å². The van der Waals surface area contributed by atoms with Crippen molar-refractivity contribution in [3.05, 3.63) is 29.8 Å². The number of amides is 2. The molecule has 29 heavy (non-hydrogen) atoms. The highest BCUT2D eigenvalue weighted by molar-refractivity contribution is 8.94. The Morgan fingerprint density at radius 3 is 2.28 bits per heavy atom. The molecule has 0 atom stereocenters. The predicted molar refractivity (Wildman–Crippen MR) is 112 cm³/mol. The lowest BCUT2D eigenvalue weighted by Crippen LogP contribution is -2.37. The van der Waals surface area contributed by atoms with E-state index in [9.17, 15) is 24.0 Å². The third kappa shape index (κ3) is 7.30. The fourth-order valence-corrected chi connectivity index (χ4v) is 4.32. The second-order valence-corrected chi connectivity index (χ2v) is 9.12. The molecular formula is C19H22N2O6S2. The molecule has 8 nitrogen and oxygen atoms in total. The van der Waals surface area contributed by atoms with Crippen LogP contribution in [0.4, 0.5) is 5.69 Å². The summed E-state index contributed by atoms with van der Waals surface area (Å²) >= 11 is 0. The van der Waals surface area contributed by atoms with E-state index < -0.39 is 4.08 Å². The highest BCUT2D eigenvalue weighted by atomic mass is 33.2. The van der Waals surface area contributed by atoms with Crippen LogP contribution in [0.15, 0.2) is 24.3 Å². The molecule has 0 unspecified atom stereocenters. The monoisotopic (exact) mass is 438 g/mol. The average molecular weight is 439 g/mol. The minimum absolute atomic E-state index is 0.185. The molecule has 0 bridgehead atoms. The highest BCUT2D eigenvalue weighted by Crippen LogP contribution is 2.65. The summed E-state index contributed by atoms with van der Waals surface area (Å²) in [6, 6.07) is 7.15. The number of aldehydes is 1. The molecule has 2 aliphatic heterocycles. The van der Waals surface area contributed by atoms with E-state index in [0.717, 1.165) is 24.8 Å². The first-order valence-electron chi connectivity index (χ1n) is 8.95. The molecule has 1 aromatic carbocycles. The molecule has 1 aromatic rings. The van der Waals surface area contributed by atoms with Crippen LogP contribution >= 0.6 is 21.6 Å². The van der Waals surface area contributed by atoms with E-state index in [1.165, 1.54) is 28.5 Å². The Morgan fingerprint density at radius 1 is 1.21 bits per heavy atom. The summed E-state index contributed by atoms with van der Waals surface area (Å²) in [5, 5.41) is 5.22. The van der Waals surface area contributed by atoms with Crippen molar-refractivity contribution in [1.82, 2.24) is 5.32 Å². The molecule has 156 valence electrons. The van der Waals surface area contributed by atoms with Crippen LogP contribution in [0.3, 0.4) is 0 Å². The predicted octanol–water partition coefficient (Wildman–Crippen LogP) is 1.53. The minimum Gasteiger partial charge on any atom is -0.364 e. The quantitative estimate of drug-likeness (QED) is 0.186. The third-order valence-electron chi connectivity index (χ3n) is 4.01. The number of nitrogens with one attached hydrogen (secondary N) is 2. The molecule has 0 spiro atoms. The van der Waals surface area contributed by atoms with E-state index in [-0.39, 0.29) is 36.6 Å². The number of carbonyl (C=O) groups excluding carboxylic acids is 5. The molecule has 2 heterocycles. The van der Waals surface area contributed by atoms with Crippen LogP contribution in [0.2, 0.25) is 0 Å². The summed E-state index contributed by atoms with van der Waals surface area (Å²) < 4.78 is 4.08. The van der Waals surface area contributed by atoms with Gasteiger partial charge in [-0.05, 0) is 31.0 Å².